The molecule has 1 aromatic carbocycles. The number of nitrogens with zero attached hydrogens (tertiary/aromatic N) is 1. The fourth-order valence-corrected chi connectivity index (χ4v) is 3.65. The lowest BCUT2D eigenvalue weighted by molar-refractivity contribution is 0.682. The lowest BCUT2D eigenvalue weighted by Crippen LogP contribution is -2.04. The SMILES string of the molecule is Cc1cc(C)c(CS(=O)c2ccncc2N)c(C)c1. The van der Waals surface area contributed by atoms with E-state index in [2.05, 4.69) is 37.9 Å². The molecule has 2 aromatic rings. The van der Waals surface area contributed by atoms with Gasteiger partial charge in [0.05, 0.1) is 33.3 Å². The Bertz CT molecular complexity index is 615. The predicted molar refractivity (Wildman–Crippen MR) is 79.4 cm³/mol. The summed E-state index contributed by atoms with van der Waals surface area (Å²) in [5.41, 5.74) is 11.0. The van der Waals surface area contributed by atoms with Gasteiger partial charge in [-0.25, -0.2) is 0 Å². The number of nitrogen functional groups attached to an aromatic ring is 1. The number of aromatic nitrogens is 1. The molecule has 0 spiro atoms. The van der Waals surface area contributed by atoms with Crippen LogP contribution in [-0.2, 0) is 16.6 Å². The van der Waals surface area contributed by atoms with Gasteiger partial charge in [-0.3, -0.25) is 9.19 Å². The van der Waals surface area contributed by atoms with Crippen LogP contribution in [0.5, 0.6) is 0 Å². The fourth-order valence-electron chi connectivity index (χ4n) is 2.25. The molecule has 19 heavy (non-hydrogen) atoms. The zero-order valence-corrected chi connectivity index (χ0v) is 12.3. The minimum absolute atomic E-state index is 0.489. The topological polar surface area (TPSA) is 56.0 Å². The largest absolute Gasteiger partial charge is 0.396 e. The van der Waals surface area contributed by atoms with Crippen LogP contribution < -0.4 is 5.73 Å². The maximum atomic E-state index is 12.4. The number of anilines is 1. The molecule has 2 N–H and O–H groups in total. The van der Waals surface area contributed by atoms with E-state index in [1.807, 2.05) is 0 Å². The van der Waals surface area contributed by atoms with Gasteiger partial charge in [-0.05, 0) is 43.5 Å². The van der Waals surface area contributed by atoms with Gasteiger partial charge in [0.25, 0.3) is 0 Å². The highest BCUT2D eigenvalue weighted by molar-refractivity contribution is 7.84. The number of aryl methyl sites for hydroxylation is 3. The van der Waals surface area contributed by atoms with Crippen LogP contribution in [0, 0.1) is 20.8 Å². The summed E-state index contributed by atoms with van der Waals surface area (Å²) in [6.07, 6.45) is 3.17. The Morgan fingerprint density at radius 1 is 1.21 bits per heavy atom. The quantitative estimate of drug-likeness (QED) is 0.936. The third kappa shape index (κ3) is 3.01. The summed E-state index contributed by atoms with van der Waals surface area (Å²) < 4.78 is 12.4. The van der Waals surface area contributed by atoms with Gasteiger partial charge in [-0.15, -0.1) is 0 Å². The van der Waals surface area contributed by atoms with Crippen LogP contribution in [0.4, 0.5) is 5.69 Å². The molecule has 1 atom stereocenters. The van der Waals surface area contributed by atoms with Crippen molar-refractivity contribution in [1.29, 1.82) is 0 Å². The summed E-state index contributed by atoms with van der Waals surface area (Å²) in [5, 5.41) is 0. The second kappa shape index (κ2) is 5.53. The van der Waals surface area contributed by atoms with Crippen LogP contribution in [0.15, 0.2) is 35.5 Å². The fraction of sp³-hybridized carbons (Fsp3) is 0.267. The summed E-state index contributed by atoms with van der Waals surface area (Å²) >= 11 is 0. The van der Waals surface area contributed by atoms with E-state index in [1.165, 1.54) is 16.7 Å². The van der Waals surface area contributed by atoms with Crippen LogP contribution in [0.2, 0.25) is 0 Å². The first-order valence-corrected chi connectivity index (χ1v) is 7.45. The average Bonchev–Trinajstić information content (AvgIpc) is 2.34. The highest BCUT2D eigenvalue weighted by Gasteiger charge is 2.12. The standard InChI is InChI=1S/C15H18N2OS/c1-10-6-11(2)13(12(3)7-10)9-19(18)15-4-5-17-8-14(15)16/h4-8H,9,16H2,1-3H3. The molecule has 0 bridgehead atoms. The summed E-state index contributed by atoms with van der Waals surface area (Å²) in [5.74, 6) is 0.492. The van der Waals surface area contributed by atoms with Crippen LogP contribution in [-0.4, -0.2) is 9.19 Å². The van der Waals surface area contributed by atoms with E-state index in [4.69, 9.17) is 5.73 Å². The molecule has 1 unspecified atom stereocenters. The zero-order valence-electron chi connectivity index (χ0n) is 11.4. The molecule has 0 amide bonds. The van der Waals surface area contributed by atoms with E-state index in [-0.39, 0.29) is 0 Å². The molecule has 0 saturated heterocycles. The van der Waals surface area contributed by atoms with Crippen molar-refractivity contribution in [2.45, 2.75) is 31.4 Å². The second-order valence-electron chi connectivity index (χ2n) is 4.78. The Labute approximate surface area is 116 Å². The molecule has 0 fully saturated rings. The Morgan fingerprint density at radius 3 is 2.42 bits per heavy atom. The third-order valence-corrected chi connectivity index (χ3v) is 4.58. The Balaban J connectivity index is 2.32. The number of pyridine rings is 1. The van der Waals surface area contributed by atoms with Gasteiger partial charge in [-0.1, -0.05) is 17.7 Å². The van der Waals surface area contributed by atoms with Crippen molar-refractivity contribution < 1.29 is 4.21 Å². The molecule has 2 rings (SSSR count). The third-order valence-electron chi connectivity index (χ3n) is 3.17. The number of rotatable bonds is 3. The first kappa shape index (κ1) is 13.7. The molecule has 1 heterocycles. The van der Waals surface area contributed by atoms with Gasteiger partial charge < -0.3 is 5.73 Å². The van der Waals surface area contributed by atoms with Gasteiger partial charge >= 0.3 is 0 Å². The predicted octanol–water partition coefficient (Wildman–Crippen LogP) is 2.90. The van der Waals surface area contributed by atoms with E-state index in [0.717, 1.165) is 5.56 Å². The van der Waals surface area contributed by atoms with Crippen molar-refractivity contribution in [2.24, 2.45) is 0 Å². The van der Waals surface area contributed by atoms with Crippen molar-refractivity contribution in [2.75, 3.05) is 5.73 Å². The van der Waals surface area contributed by atoms with Gasteiger partial charge in [0.1, 0.15) is 0 Å². The van der Waals surface area contributed by atoms with Crippen molar-refractivity contribution in [3.8, 4) is 0 Å². The normalized spacial score (nSPS) is 12.4. The van der Waals surface area contributed by atoms with Crippen LogP contribution in [0.3, 0.4) is 0 Å². The Kier molecular flexibility index (Phi) is 4.00. The maximum Gasteiger partial charge on any atom is 0.0664 e. The summed E-state index contributed by atoms with van der Waals surface area (Å²) in [4.78, 5) is 4.58. The molecule has 0 aliphatic heterocycles. The van der Waals surface area contributed by atoms with Crippen molar-refractivity contribution in [1.82, 2.24) is 4.98 Å². The monoisotopic (exact) mass is 274 g/mol. The van der Waals surface area contributed by atoms with Crippen LogP contribution in [0.25, 0.3) is 0 Å². The molecular weight excluding hydrogens is 256 g/mol. The lowest BCUT2D eigenvalue weighted by Gasteiger charge is -2.12. The molecule has 1 aromatic heterocycles. The van der Waals surface area contributed by atoms with Gasteiger partial charge in [0, 0.05) is 6.20 Å². The van der Waals surface area contributed by atoms with Gasteiger partial charge in [0.2, 0.25) is 0 Å². The highest BCUT2D eigenvalue weighted by atomic mass is 32.2. The molecule has 4 heteroatoms. The minimum atomic E-state index is -1.14. The molecule has 100 valence electrons. The van der Waals surface area contributed by atoms with E-state index >= 15 is 0 Å². The van der Waals surface area contributed by atoms with E-state index in [0.29, 0.717) is 16.3 Å². The van der Waals surface area contributed by atoms with E-state index in [9.17, 15) is 4.21 Å². The molecule has 0 aliphatic rings. The smallest absolute Gasteiger partial charge is 0.0664 e. The Morgan fingerprint density at radius 2 is 1.84 bits per heavy atom. The summed E-state index contributed by atoms with van der Waals surface area (Å²) in [7, 11) is -1.14. The molecular formula is C15H18N2OS. The number of hydrogen-bond acceptors (Lipinski definition) is 3. The van der Waals surface area contributed by atoms with Crippen molar-refractivity contribution in [3.05, 3.63) is 52.8 Å². The number of hydrogen-bond donors (Lipinski definition) is 1. The van der Waals surface area contributed by atoms with Gasteiger partial charge in [-0.2, -0.15) is 0 Å². The minimum Gasteiger partial charge on any atom is -0.396 e. The van der Waals surface area contributed by atoms with Gasteiger partial charge in [0.15, 0.2) is 0 Å². The summed E-state index contributed by atoms with van der Waals surface area (Å²) in [6.45, 7) is 6.19. The first-order chi connectivity index (χ1) is 8.99. The maximum absolute atomic E-state index is 12.4. The second-order valence-corrected chi connectivity index (χ2v) is 6.20. The van der Waals surface area contributed by atoms with E-state index in [1.54, 1.807) is 18.5 Å². The zero-order chi connectivity index (χ0) is 14.0. The molecule has 3 nitrogen and oxygen atoms in total. The Hall–Kier alpha value is -1.68. The van der Waals surface area contributed by atoms with E-state index < -0.39 is 10.8 Å². The number of nitrogens with two attached hydrogens (primary N) is 1. The molecule has 0 aliphatic carbocycles. The van der Waals surface area contributed by atoms with Crippen molar-refractivity contribution in [3.63, 3.8) is 0 Å². The lowest BCUT2D eigenvalue weighted by atomic mass is 10.0. The molecule has 0 radical (unpaired) electrons. The highest BCUT2D eigenvalue weighted by Crippen LogP contribution is 2.22. The molecule has 0 saturated carbocycles. The average molecular weight is 274 g/mol. The van der Waals surface area contributed by atoms with Crippen molar-refractivity contribution >= 4 is 16.5 Å². The van der Waals surface area contributed by atoms with Crippen LogP contribution in [0.1, 0.15) is 22.3 Å². The summed E-state index contributed by atoms with van der Waals surface area (Å²) in [6, 6.07) is 5.97. The van der Waals surface area contributed by atoms with Crippen LogP contribution >= 0.6 is 0 Å². The number of benzene rings is 1. The first-order valence-electron chi connectivity index (χ1n) is 6.13.